The molecule has 146 valence electrons. The van der Waals surface area contributed by atoms with Crippen LogP contribution in [0.3, 0.4) is 0 Å². The first-order chi connectivity index (χ1) is 13.5. The first-order valence-electron chi connectivity index (χ1n) is 9.23. The first kappa shape index (κ1) is 19.2. The van der Waals surface area contributed by atoms with Gasteiger partial charge in [-0.1, -0.05) is 35.9 Å². The maximum atomic E-state index is 12.7. The van der Waals surface area contributed by atoms with Gasteiger partial charge in [-0.15, -0.1) is 0 Å². The second-order valence-corrected chi connectivity index (χ2v) is 9.18. The molecule has 2 aromatic carbocycles. The lowest BCUT2D eigenvalue weighted by Crippen LogP contribution is -3.12. The minimum atomic E-state index is -3.63. The van der Waals surface area contributed by atoms with E-state index in [1.54, 1.807) is 18.4 Å². The molecule has 2 atom stereocenters. The average Bonchev–Trinajstić information content (AvgIpc) is 3.23. The molecule has 0 fully saturated rings. The maximum Gasteiger partial charge on any atom is 0.240 e. The standard InChI is InChI=1S/C21H21ClN2O3S/c22-18-7-9-19(10-8-18)28(25,26)23-14-20(21-6-3-13-27-21)24-12-11-16-4-1-2-5-17(16)15-24/h1-10,13,20,23H,11-12,14-15H2/p+1/t20-/m0/s1. The second kappa shape index (κ2) is 8.09. The van der Waals surface area contributed by atoms with E-state index in [0.29, 0.717) is 5.02 Å². The number of halogens is 1. The summed E-state index contributed by atoms with van der Waals surface area (Å²) in [4.78, 5) is 1.49. The Balaban J connectivity index is 1.54. The van der Waals surface area contributed by atoms with Crippen molar-refractivity contribution in [2.45, 2.75) is 23.9 Å². The van der Waals surface area contributed by atoms with Gasteiger partial charge in [-0.25, -0.2) is 13.1 Å². The molecule has 0 saturated heterocycles. The van der Waals surface area contributed by atoms with Gasteiger partial charge in [0.2, 0.25) is 10.0 Å². The molecule has 1 aromatic heterocycles. The van der Waals surface area contributed by atoms with Crippen molar-refractivity contribution in [3.05, 3.63) is 88.8 Å². The van der Waals surface area contributed by atoms with E-state index in [-0.39, 0.29) is 17.5 Å². The average molecular weight is 418 g/mol. The van der Waals surface area contributed by atoms with Crippen LogP contribution in [0.1, 0.15) is 22.9 Å². The number of nitrogens with one attached hydrogen (secondary N) is 2. The minimum absolute atomic E-state index is 0.106. The van der Waals surface area contributed by atoms with Crippen molar-refractivity contribution in [2.24, 2.45) is 0 Å². The highest BCUT2D eigenvalue weighted by molar-refractivity contribution is 7.89. The van der Waals surface area contributed by atoms with E-state index in [4.69, 9.17) is 16.0 Å². The largest absolute Gasteiger partial charge is 0.463 e. The van der Waals surface area contributed by atoms with Crippen LogP contribution in [0.2, 0.25) is 5.02 Å². The summed E-state index contributed by atoms with van der Waals surface area (Å²) in [5, 5.41) is 0.504. The molecular weight excluding hydrogens is 396 g/mol. The normalized spacial score (nSPS) is 17.8. The van der Waals surface area contributed by atoms with Crippen molar-refractivity contribution < 1.29 is 17.7 Å². The Bertz CT molecular complexity index is 1030. The molecule has 2 N–H and O–H groups in total. The molecule has 0 bridgehead atoms. The van der Waals surface area contributed by atoms with Crippen LogP contribution in [0.15, 0.2) is 76.2 Å². The molecule has 1 aliphatic heterocycles. The Morgan fingerprint density at radius 3 is 2.50 bits per heavy atom. The number of rotatable bonds is 6. The molecule has 1 aliphatic rings. The third kappa shape index (κ3) is 4.15. The molecule has 3 aromatic rings. The number of hydrogen-bond acceptors (Lipinski definition) is 3. The van der Waals surface area contributed by atoms with Gasteiger partial charge in [0.25, 0.3) is 0 Å². The van der Waals surface area contributed by atoms with Crippen molar-refractivity contribution in [3.63, 3.8) is 0 Å². The first-order valence-corrected chi connectivity index (χ1v) is 11.1. The SMILES string of the molecule is O=S(=O)(NC[C@@H](c1ccco1)[NH+]1CCc2ccccc2C1)c1ccc(Cl)cc1. The highest BCUT2D eigenvalue weighted by Crippen LogP contribution is 2.17. The second-order valence-electron chi connectivity index (χ2n) is 6.98. The van der Waals surface area contributed by atoms with E-state index in [1.165, 1.54) is 28.2 Å². The van der Waals surface area contributed by atoms with E-state index >= 15 is 0 Å². The van der Waals surface area contributed by atoms with Crippen LogP contribution in [0, 0.1) is 0 Å². The minimum Gasteiger partial charge on any atom is -0.463 e. The molecule has 0 spiro atoms. The molecule has 0 amide bonds. The number of sulfonamides is 1. The zero-order valence-electron chi connectivity index (χ0n) is 15.3. The van der Waals surface area contributed by atoms with Crippen LogP contribution in [-0.2, 0) is 23.0 Å². The summed E-state index contributed by atoms with van der Waals surface area (Å²) < 4.78 is 33.8. The lowest BCUT2D eigenvalue weighted by molar-refractivity contribution is -0.946. The molecule has 0 radical (unpaired) electrons. The predicted molar refractivity (Wildman–Crippen MR) is 108 cm³/mol. The van der Waals surface area contributed by atoms with Crippen molar-refractivity contribution in [3.8, 4) is 0 Å². The molecule has 5 nitrogen and oxygen atoms in total. The Hall–Kier alpha value is -2.12. The van der Waals surface area contributed by atoms with Gasteiger partial charge >= 0.3 is 0 Å². The number of quaternary nitrogens is 1. The van der Waals surface area contributed by atoms with Gasteiger partial charge in [0, 0.05) is 17.0 Å². The quantitative estimate of drug-likeness (QED) is 0.648. The highest BCUT2D eigenvalue weighted by atomic mass is 35.5. The van der Waals surface area contributed by atoms with Crippen LogP contribution in [-0.4, -0.2) is 21.5 Å². The summed E-state index contributed by atoms with van der Waals surface area (Å²) in [6.07, 6.45) is 2.60. The Morgan fingerprint density at radius 2 is 1.79 bits per heavy atom. The Labute approximate surface area is 170 Å². The van der Waals surface area contributed by atoms with Crippen molar-refractivity contribution in [1.82, 2.24) is 4.72 Å². The van der Waals surface area contributed by atoms with Gasteiger partial charge in [-0.3, -0.25) is 0 Å². The molecule has 1 unspecified atom stereocenters. The van der Waals surface area contributed by atoms with Crippen molar-refractivity contribution in [1.29, 1.82) is 0 Å². The van der Waals surface area contributed by atoms with Crippen LogP contribution >= 0.6 is 11.6 Å². The zero-order valence-corrected chi connectivity index (χ0v) is 16.8. The van der Waals surface area contributed by atoms with E-state index in [2.05, 4.69) is 22.9 Å². The fourth-order valence-electron chi connectivity index (χ4n) is 3.73. The van der Waals surface area contributed by atoms with Crippen LogP contribution in [0.5, 0.6) is 0 Å². The highest BCUT2D eigenvalue weighted by Gasteiger charge is 2.31. The van der Waals surface area contributed by atoms with E-state index in [0.717, 1.165) is 25.3 Å². The van der Waals surface area contributed by atoms with Gasteiger partial charge < -0.3 is 9.32 Å². The summed E-state index contributed by atoms with van der Waals surface area (Å²) in [5.74, 6) is 0.785. The topological polar surface area (TPSA) is 63.8 Å². The predicted octanol–water partition coefficient (Wildman–Crippen LogP) is 2.59. The van der Waals surface area contributed by atoms with Gasteiger partial charge in [-0.2, -0.15) is 0 Å². The fourth-order valence-corrected chi connectivity index (χ4v) is 4.90. The molecule has 7 heteroatoms. The summed E-state index contributed by atoms with van der Waals surface area (Å²) >= 11 is 5.87. The van der Waals surface area contributed by atoms with Gasteiger partial charge in [-0.05, 0) is 42.0 Å². The van der Waals surface area contributed by atoms with Gasteiger partial charge in [0.1, 0.15) is 6.54 Å². The Kier molecular flexibility index (Phi) is 5.55. The third-order valence-electron chi connectivity index (χ3n) is 5.23. The van der Waals surface area contributed by atoms with Crippen LogP contribution in [0.4, 0.5) is 0 Å². The molecule has 0 aliphatic carbocycles. The summed E-state index contributed by atoms with van der Waals surface area (Å²) in [7, 11) is -3.63. The Morgan fingerprint density at radius 1 is 1.04 bits per heavy atom. The monoisotopic (exact) mass is 417 g/mol. The lowest BCUT2D eigenvalue weighted by atomic mass is 9.98. The lowest BCUT2D eigenvalue weighted by Gasteiger charge is -2.31. The zero-order chi connectivity index (χ0) is 19.6. The smallest absolute Gasteiger partial charge is 0.240 e. The third-order valence-corrected chi connectivity index (χ3v) is 6.92. The number of benzene rings is 2. The number of fused-ring (bicyclic) bond motifs is 1. The van der Waals surface area contributed by atoms with Crippen molar-refractivity contribution >= 4 is 21.6 Å². The maximum absolute atomic E-state index is 12.7. The molecular formula is C21H22ClN2O3S+. The summed E-state index contributed by atoms with van der Waals surface area (Å²) in [5.41, 5.74) is 2.67. The summed E-state index contributed by atoms with van der Waals surface area (Å²) in [6, 6.07) is 18.2. The van der Waals surface area contributed by atoms with Crippen LogP contribution in [0.25, 0.3) is 0 Å². The number of hydrogen-bond donors (Lipinski definition) is 2. The van der Waals surface area contributed by atoms with Gasteiger partial charge in [0.15, 0.2) is 11.8 Å². The van der Waals surface area contributed by atoms with Crippen LogP contribution < -0.4 is 9.62 Å². The number of furan rings is 1. The molecule has 4 rings (SSSR count). The van der Waals surface area contributed by atoms with E-state index in [9.17, 15) is 8.42 Å². The molecule has 2 heterocycles. The fraction of sp³-hybridized carbons (Fsp3) is 0.238. The van der Waals surface area contributed by atoms with Gasteiger partial charge in [0.05, 0.1) is 24.2 Å². The molecule has 28 heavy (non-hydrogen) atoms. The van der Waals surface area contributed by atoms with E-state index < -0.39 is 10.0 Å². The molecule has 0 saturated carbocycles. The summed E-state index contributed by atoms with van der Waals surface area (Å²) in [6.45, 7) is 2.02. The van der Waals surface area contributed by atoms with E-state index in [1.807, 2.05) is 18.2 Å². The van der Waals surface area contributed by atoms with Crippen molar-refractivity contribution in [2.75, 3.05) is 13.1 Å².